The highest BCUT2D eigenvalue weighted by Gasteiger charge is 2.27. The number of aliphatic hydroxyl groups is 1. The zero-order chi connectivity index (χ0) is 17.6. The molecule has 134 valence electrons. The maximum Gasteiger partial charge on any atom is 0.223 e. The second-order valence-corrected chi connectivity index (χ2v) is 6.98. The number of likely N-dealkylation sites (tertiary alicyclic amines) is 1. The van der Waals surface area contributed by atoms with Gasteiger partial charge < -0.3 is 14.5 Å². The smallest absolute Gasteiger partial charge is 0.223 e. The van der Waals surface area contributed by atoms with Gasteiger partial charge in [0.05, 0.1) is 6.10 Å². The number of aryl methyl sites for hydroxylation is 1. The third kappa shape index (κ3) is 5.06. The predicted octanol–water partition coefficient (Wildman–Crippen LogP) is 3.10. The van der Waals surface area contributed by atoms with Crippen LogP contribution in [0.1, 0.15) is 30.6 Å². The van der Waals surface area contributed by atoms with Crippen LogP contribution in [0.2, 0.25) is 5.15 Å². The van der Waals surface area contributed by atoms with E-state index in [1.54, 1.807) is 6.07 Å². The van der Waals surface area contributed by atoms with Crippen LogP contribution in [0, 0.1) is 5.92 Å². The van der Waals surface area contributed by atoms with Gasteiger partial charge in [-0.15, -0.1) is 0 Å². The number of halogens is 1. The highest BCUT2D eigenvalue weighted by molar-refractivity contribution is 6.29. The number of aliphatic hydroxyl groups excluding tert-OH is 1. The largest absolute Gasteiger partial charge is 0.392 e. The van der Waals surface area contributed by atoms with Gasteiger partial charge in [-0.2, -0.15) is 0 Å². The molecule has 0 saturated carbocycles. The summed E-state index contributed by atoms with van der Waals surface area (Å²) in [5.41, 5.74) is 1.15. The van der Waals surface area contributed by atoms with Crippen LogP contribution >= 0.6 is 11.6 Å². The van der Waals surface area contributed by atoms with Gasteiger partial charge in [-0.3, -0.25) is 4.79 Å². The maximum absolute atomic E-state index is 12.3. The molecule has 0 unspecified atom stereocenters. The molecule has 0 aliphatic carbocycles. The zero-order valence-electron chi connectivity index (χ0n) is 14.1. The molecular weight excluding hydrogens is 340 g/mol. The highest BCUT2D eigenvalue weighted by atomic mass is 35.5. The molecule has 1 fully saturated rings. The fourth-order valence-electron chi connectivity index (χ4n) is 3.35. The van der Waals surface area contributed by atoms with Gasteiger partial charge in [0.2, 0.25) is 5.91 Å². The van der Waals surface area contributed by atoms with Crippen LogP contribution in [0.15, 0.2) is 40.9 Å². The van der Waals surface area contributed by atoms with Crippen molar-refractivity contribution in [3.63, 3.8) is 0 Å². The molecule has 1 saturated heterocycles. The molecule has 25 heavy (non-hydrogen) atoms. The van der Waals surface area contributed by atoms with E-state index in [2.05, 4.69) is 5.16 Å². The minimum Gasteiger partial charge on any atom is -0.392 e. The minimum absolute atomic E-state index is 0.114. The third-order valence-electron chi connectivity index (χ3n) is 4.84. The first-order valence-corrected chi connectivity index (χ1v) is 9.10. The second kappa shape index (κ2) is 8.50. The summed E-state index contributed by atoms with van der Waals surface area (Å²) in [6.07, 6.45) is 2.90. The molecule has 5 nitrogen and oxygen atoms in total. The summed E-state index contributed by atoms with van der Waals surface area (Å²) in [5.74, 6) is 0.993. The van der Waals surface area contributed by atoms with Crippen LogP contribution in [0.25, 0.3) is 0 Å². The highest BCUT2D eigenvalue weighted by Crippen LogP contribution is 2.24. The molecule has 1 amide bonds. The molecule has 1 N–H and O–H groups in total. The molecular formula is C19H23ClN2O3. The predicted molar refractivity (Wildman–Crippen MR) is 95.3 cm³/mol. The first-order valence-electron chi connectivity index (χ1n) is 8.72. The number of carbonyl (C=O) groups excluding carboxylic acids is 1. The van der Waals surface area contributed by atoms with E-state index >= 15 is 0 Å². The van der Waals surface area contributed by atoms with Crippen molar-refractivity contribution in [1.29, 1.82) is 0 Å². The summed E-state index contributed by atoms with van der Waals surface area (Å²) in [5, 5.41) is 14.4. The average Bonchev–Trinajstić information content (AvgIpc) is 3.06. The molecule has 0 bridgehead atoms. The number of piperidine rings is 1. The summed E-state index contributed by atoms with van der Waals surface area (Å²) < 4.78 is 5.02. The first-order chi connectivity index (χ1) is 12.1. The fraction of sp³-hybridized carbons (Fsp3) is 0.474. The molecule has 2 heterocycles. The molecule has 0 radical (unpaired) electrons. The van der Waals surface area contributed by atoms with Crippen LogP contribution in [-0.4, -0.2) is 40.3 Å². The van der Waals surface area contributed by atoms with Crippen molar-refractivity contribution >= 4 is 17.5 Å². The Balaban J connectivity index is 1.42. The summed E-state index contributed by atoms with van der Waals surface area (Å²) in [6.45, 7) is 1.40. The van der Waals surface area contributed by atoms with Crippen molar-refractivity contribution < 1.29 is 14.4 Å². The molecule has 1 aromatic heterocycles. The summed E-state index contributed by atoms with van der Waals surface area (Å²) in [7, 11) is 0. The van der Waals surface area contributed by atoms with Gasteiger partial charge in [-0.1, -0.05) is 47.1 Å². The van der Waals surface area contributed by atoms with Crippen LogP contribution in [0.5, 0.6) is 0 Å². The van der Waals surface area contributed by atoms with E-state index in [-0.39, 0.29) is 17.9 Å². The molecule has 0 spiro atoms. The molecule has 1 aliphatic rings. The van der Waals surface area contributed by atoms with E-state index in [9.17, 15) is 9.90 Å². The van der Waals surface area contributed by atoms with Crippen molar-refractivity contribution in [1.82, 2.24) is 10.1 Å². The Kier molecular flexibility index (Phi) is 6.10. The number of carbonyl (C=O) groups is 1. The van der Waals surface area contributed by atoms with Crippen LogP contribution in [0.3, 0.4) is 0 Å². The Morgan fingerprint density at radius 2 is 2.04 bits per heavy atom. The van der Waals surface area contributed by atoms with Crippen LogP contribution in [0.4, 0.5) is 0 Å². The molecule has 2 aromatic rings. The molecule has 1 aliphatic heterocycles. The molecule has 1 atom stereocenters. The first kappa shape index (κ1) is 18.0. The van der Waals surface area contributed by atoms with Gasteiger partial charge in [0.15, 0.2) is 5.15 Å². The topological polar surface area (TPSA) is 66.6 Å². The van der Waals surface area contributed by atoms with Gasteiger partial charge in [-0.25, -0.2) is 0 Å². The van der Waals surface area contributed by atoms with E-state index in [4.69, 9.17) is 16.1 Å². The molecule has 6 heteroatoms. The Bertz CT molecular complexity index is 681. The molecule has 3 rings (SSSR count). The van der Waals surface area contributed by atoms with E-state index in [1.807, 2.05) is 35.2 Å². The second-order valence-electron chi connectivity index (χ2n) is 6.59. The lowest BCUT2D eigenvalue weighted by Crippen LogP contribution is -2.41. The van der Waals surface area contributed by atoms with Crippen molar-refractivity contribution in [2.24, 2.45) is 5.92 Å². The number of benzene rings is 1. The minimum atomic E-state index is -0.351. The number of hydrogen-bond acceptors (Lipinski definition) is 4. The van der Waals surface area contributed by atoms with Crippen molar-refractivity contribution in [2.75, 3.05) is 13.1 Å². The number of amides is 1. The van der Waals surface area contributed by atoms with E-state index < -0.39 is 0 Å². The van der Waals surface area contributed by atoms with Crippen LogP contribution < -0.4 is 0 Å². The zero-order valence-corrected chi connectivity index (χ0v) is 14.9. The number of hydrogen-bond donors (Lipinski definition) is 1. The lowest BCUT2D eigenvalue weighted by molar-refractivity contribution is -0.133. The van der Waals surface area contributed by atoms with E-state index in [0.717, 1.165) is 18.4 Å². The SMILES string of the molecule is O=C(CCc1cc(Cl)no1)N1CCC([C@@H](O)Cc2ccccc2)CC1. The van der Waals surface area contributed by atoms with Crippen molar-refractivity contribution in [3.8, 4) is 0 Å². The van der Waals surface area contributed by atoms with E-state index in [0.29, 0.717) is 43.3 Å². The summed E-state index contributed by atoms with van der Waals surface area (Å²) >= 11 is 5.70. The van der Waals surface area contributed by atoms with Gasteiger partial charge in [0.1, 0.15) is 5.76 Å². The summed E-state index contributed by atoms with van der Waals surface area (Å²) in [4.78, 5) is 14.2. The van der Waals surface area contributed by atoms with Crippen molar-refractivity contribution in [3.05, 3.63) is 52.9 Å². The van der Waals surface area contributed by atoms with Gasteiger partial charge in [-0.05, 0) is 30.7 Å². The number of nitrogens with zero attached hydrogens (tertiary/aromatic N) is 2. The monoisotopic (exact) mass is 362 g/mol. The Labute approximate surface area is 152 Å². The number of aromatic nitrogens is 1. The molecule has 1 aromatic carbocycles. The lowest BCUT2D eigenvalue weighted by atomic mass is 9.88. The number of rotatable bonds is 6. The average molecular weight is 363 g/mol. The van der Waals surface area contributed by atoms with Crippen LogP contribution in [-0.2, 0) is 17.6 Å². The fourth-order valence-corrected chi connectivity index (χ4v) is 3.51. The third-order valence-corrected chi connectivity index (χ3v) is 5.02. The van der Waals surface area contributed by atoms with E-state index in [1.165, 1.54) is 0 Å². The standard InChI is InChI=1S/C19H23ClN2O3/c20-18-13-16(25-21-18)6-7-19(24)22-10-8-15(9-11-22)17(23)12-14-4-2-1-3-5-14/h1-5,13,15,17,23H,6-12H2/t17-/m0/s1. The van der Waals surface area contributed by atoms with Gasteiger partial charge >= 0.3 is 0 Å². The van der Waals surface area contributed by atoms with Gasteiger partial charge in [0.25, 0.3) is 0 Å². The van der Waals surface area contributed by atoms with Gasteiger partial charge in [0, 0.05) is 32.0 Å². The summed E-state index contributed by atoms with van der Waals surface area (Å²) in [6, 6.07) is 11.7. The van der Waals surface area contributed by atoms with Crippen molar-refractivity contribution in [2.45, 2.75) is 38.2 Å². The Morgan fingerprint density at radius 3 is 2.68 bits per heavy atom. The maximum atomic E-state index is 12.3. The quantitative estimate of drug-likeness (QED) is 0.857. The Morgan fingerprint density at radius 1 is 1.32 bits per heavy atom. The normalized spacial score (nSPS) is 16.8. The lowest BCUT2D eigenvalue weighted by Gasteiger charge is -2.34. The Hall–Kier alpha value is -1.85.